The molecule has 4 N–H and O–H groups in total. The Labute approximate surface area is 206 Å². The van der Waals surface area contributed by atoms with Crippen molar-refractivity contribution < 1.29 is 14.4 Å². The molecule has 3 amide bonds. The molecule has 0 aromatic heterocycles. The van der Waals surface area contributed by atoms with Gasteiger partial charge in [-0.05, 0) is 75.7 Å². The Balaban J connectivity index is 1.51. The smallest absolute Gasteiger partial charge is 0.251 e. The van der Waals surface area contributed by atoms with E-state index in [1.807, 2.05) is 58.0 Å². The third-order valence-electron chi connectivity index (χ3n) is 5.14. The number of hydrogen-bond donors (Lipinski definition) is 4. The van der Waals surface area contributed by atoms with Crippen LogP contribution in [0, 0.1) is 0 Å². The van der Waals surface area contributed by atoms with Crippen LogP contribution < -0.4 is 21.3 Å². The molecule has 1 atom stereocenters. The van der Waals surface area contributed by atoms with Gasteiger partial charge in [-0.2, -0.15) is 0 Å². The minimum Gasteiger partial charge on any atom is -0.376 e. The summed E-state index contributed by atoms with van der Waals surface area (Å²) in [7, 11) is 0. The van der Waals surface area contributed by atoms with Crippen LogP contribution in [-0.4, -0.2) is 29.8 Å². The molecule has 182 valence electrons. The monoisotopic (exact) mass is 472 g/mol. The second-order valence-electron chi connectivity index (χ2n) is 9.37. The van der Waals surface area contributed by atoms with Crippen LogP contribution in [-0.2, 0) is 4.79 Å². The lowest BCUT2D eigenvalue weighted by Gasteiger charge is -2.20. The van der Waals surface area contributed by atoms with Gasteiger partial charge in [0.15, 0.2) is 0 Å². The fourth-order valence-corrected chi connectivity index (χ4v) is 3.38. The normalized spacial score (nSPS) is 11.8. The Morgan fingerprint density at radius 3 is 2.11 bits per heavy atom. The van der Waals surface area contributed by atoms with E-state index in [2.05, 4.69) is 21.3 Å². The van der Waals surface area contributed by atoms with Crippen LogP contribution in [0.4, 0.5) is 11.4 Å². The fourth-order valence-electron chi connectivity index (χ4n) is 3.38. The molecular formula is C28H32N4O3. The van der Waals surface area contributed by atoms with E-state index in [0.717, 1.165) is 5.56 Å². The van der Waals surface area contributed by atoms with Crippen molar-refractivity contribution in [1.82, 2.24) is 10.6 Å². The van der Waals surface area contributed by atoms with E-state index in [1.165, 1.54) is 0 Å². The van der Waals surface area contributed by atoms with Crippen LogP contribution in [0.25, 0.3) is 0 Å². The summed E-state index contributed by atoms with van der Waals surface area (Å²) in [5.74, 6) is -0.603. The summed E-state index contributed by atoms with van der Waals surface area (Å²) in [4.78, 5) is 37.3. The number of carbonyl (C=O) groups is 3. The second kappa shape index (κ2) is 11.3. The molecule has 7 heteroatoms. The minimum atomic E-state index is -0.326. The molecule has 3 rings (SSSR count). The summed E-state index contributed by atoms with van der Waals surface area (Å²) >= 11 is 0. The predicted molar refractivity (Wildman–Crippen MR) is 140 cm³/mol. The van der Waals surface area contributed by atoms with Crippen molar-refractivity contribution in [3.63, 3.8) is 0 Å². The van der Waals surface area contributed by atoms with Crippen molar-refractivity contribution in [1.29, 1.82) is 0 Å². The number of nitrogens with one attached hydrogen (secondary N) is 4. The summed E-state index contributed by atoms with van der Waals surface area (Å²) < 4.78 is 0. The van der Waals surface area contributed by atoms with Crippen LogP contribution in [0.2, 0.25) is 0 Å². The molecular weight excluding hydrogens is 440 g/mol. The van der Waals surface area contributed by atoms with Crippen LogP contribution in [0.5, 0.6) is 0 Å². The van der Waals surface area contributed by atoms with Crippen LogP contribution in [0.15, 0.2) is 78.9 Å². The molecule has 0 saturated carbocycles. The van der Waals surface area contributed by atoms with Crippen LogP contribution in [0.1, 0.15) is 60.0 Å². The first-order chi connectivity index (χ1) is 16.6. The zero-order chi connectivity index (χ0) is 25.4. The van der Waals surface area contributed by atoms with Gasteiger partial charge in [0.25, 0.3) is 11.8 Å². The summed E-state index contributed by atoms with van der Waals surface area (Å²) in [5, 5.41) is 11.7. The summed E-state index contributed by atoms with van der Waals surface area (Å²) in [6.07, 6.45) is 0. The zero-order valence-corrected chi connectivity index (χ0v) is 20.5. The first-order valence-electron chi connectivity index (χ1n) is 11.5. The van der Waals surface area contributed by atoms with Crippen molar-refractivity contribution in [2.24, 2.45) is 0 Å². The van der Waals surface area contributed by atoms with Crippen LogP contribution >= 0.6 is 0 Å². The van der Waals surface area contributed by atoms with Crippen molar-refractivity contribution >= 4 is 29.1 Å². The first kappa shape index (κ1) is 25.5. The lowest BCUT2D eigenvalue weighted by atomic mass is 10.1. The van der Waals surface area contributed by atoms with Gasteiger partial charge in [-0.15, -0.1) is 0 Å². The highest BCUT2D eigenvalue weighted by atomic mass is 16.2. The summed E-state index contributed by atoms with van der Waals surface area (Å²) in [5.41, 5.74) is 2.97. The van der Waals surface area contributed by atoms with Gasteiger partial charge >= 0.3 is 0 Å². The van der Waals surface area contributed by atoms with Gasteiger partial charge in [0.2, 0.25) is 5.91 Å². The largest absolute Gasteiger partial charge is 0.376 e. The van der Waals surface area contributed by atoms with Gasteiger partial charge < -0.3 is 21.3 Å². The molecule has 0 fully saturated rings. The lowest BCUT2D eigenvalue weighted by Crippen LogP contribution is -2.40. The Morgan fingerprint density at radius 2 is 1.46 bits per heavy atom. The van der Waals surface area contributed by atoms with E-state index in [-0.39, 0.29) is 35.8 Å². The average molecular weight is 473 g/mol. The Hall–Kier alpha value is -4.13. The highest BCUT2D eigenvalue weighted by Crippen LogP contribution is 2.15. The van der Waals surface area contributed by atoms with E-state index < -0.39 is 0 Å². The summed E-state index contributed by atoms with van der Waals surface area (Å²) in [6.45, 7) is 7.71. The predicted octanol–water partition coefficient (Wildman–Crippen LogP) is 4.76. The molecule has 1 unspecified atom stereocenters. The molecule has 0 saturated heterocycles. The van der Waals surface area contributed by atoms with Gasteiger partial charge in [0.1, 0.15) is 0 Å². The average Bonchev–Trinajstić information content (AvgIpc) is 2.83. The van der Waals surface area contributed by atoms with Crippen molar-refractivity contribution in [3.05, 3.63) is 95.6 Å². The molecule has 0 aliphatic carbocycles. The first-order valence-corrected chi connectivity index (χ1v) is 11.5. The number of anilines is 2. The van der Waals surface area contributed by atoms with Crippen molar-refractivity contribution in [2.45, 2.75) is 39.3 Å². The van der Waals surface area contributed by atoms with Crippen LogP contribution in [0.3, 0.4) is 0 Å². The van der Waals surface area contributed by atoms with Gasteiger partial charge in [0.05, 0.1) is 12.6 Å². The zero-order valence-electron chi connectivity index (χ0n) is 20.5. The molecule has 7 nitrogen and oxygen atoms in total. The third-order valence-corrected chi connectivity index (χ3v) is 5.14. The molecule has 0 heterocycles. The molecule has 35 heavy (non-hydrogen) atoms. The topological polar surface area (TPSA) is 99.3 Å². The summed E-state index contributed by atoms with van der Waals surface area (Å²) in [6, 6.07) is 23.3. The SMILES string of the molecule is CC(NC(=O)c1cccc(NCC(=O)Nc2ccc(C(=O)NC(C)(C)C)cc2)c1)c1ccccc1. The van der Waals surface area contributed by atoms with E-state index in [9.17, 15) is 14.4 Å². The van der Waals surface area contributed by atoms with Crippen molar-refractivity contribution in [3.8, 4) is 0 Å². The second-order valence-corrected chi connectivity index (χ2v) is 9.37. The standard InChI is InChI=1S/C28H32N4O3/c1-19(20-9-6-5-7-10-20)30-26(34)22-11-8-12-24(17-22)29-18-25(33)31-23-15-13-21(14-16-23)27(35)32-28(2,3)4/h5-17,19,29H,18H2,1-4H3,(H,30,34)(H,31,33)(H,32,35). The Bertz CT molecular complexity index is 1170. The number of benzene rings is 3. The van der Waals surface area contributed by atoms with Gasteiger partial charge in [-0.25, -0.2) is 0 Å². The lowest BCUT2D eigenvalue weighted by molar-refractivity contribution is -0.114. The van der Waals surface area contributed by atoms with Gasteiger partial charge in [0, 0.05) is 28.0 Å². The number of hydrogen-bond acceptors (Lipinski definition) is 4. The fraction of sp³-hybridized carbons (Fsp3) is 0.250. The third kappa shape index (κ3) is 7.99. The molecule has 3 aromatic rings. The number of amides is 3. The molecule has 0 aliphatic rings. The molecule has 0 radical (unpaired) electrons. The van der Waals surface area contributed by atoms with Gasteiger partial charge in [-0.3, -0.25) is 14.4 Å². The molecule has 3 aromatic carbocycles. The van der Waals surface area contributed by atoms with Crippen molar-refractivity contribution in [2.75, 3.05) is 17.2 Å². The molecule has 0 spiro atoms. The maximum absolute atomic E-state index is 12.7. The maximum atomic E-state index is 12.7. The Morgan fingerprint density at radius 1 is 0.771 bits per heavy atom. The minimum absolute atomic E-state index is 0.0255. The highest BCUT2D eigenvalue weighted by molar-refractivity contribution is 5.97. The Kier molecular flexibility index (Phi) is 8.25. The van der Waals surface area contributed by atoms with E-state index >= 15 is 0 Å². The van der Waals surface area contributed by atoms with E-state index in [1.54, 1.807) is 48.5 Å². The molecule has 0 aliphatic heterocycles. The number of carbonyl (C=O) groups excluding carboxylic acids is 3. The van der Waals surface area contributed by atoms with Gasteiger partial charge in [-0.1, -0.05) is 36.4 Å². The maximum Gasteiger partial charge on any atom is 0.251 e. The number of rotatable bonds is 8. The van der Waals surface area contributed by atoms with E-state index in [4.69, 9.17) is 0 Å². The highest BCUT2D eigenvalue weighted by Gasteiger charge is 2.15. The molecule has 0 bridgehead atoms. The van der Waals surface area contributed by atoms with E-state index in [0.29, 0.717) is 22.5 Å². The quantitative estimate of drug-likeness (QED) is 0.380.